The maximum absolute atomic E-state index is 6.19. The minimum Gasteiger partial charge on any atom is -0.310 e. The average molecular weight is 264 g/mol. The molecule has 0 spiro atoms. The molecule has 0 saturated heterocycles. The maximum atomic E-state index is 6.19. The van der Waals surface area contributed by atoms with Crippen molar-refractivity contribution in [1.29, 1.82) is 0 Å². The zero-order chi connectivity index (χ0) is 12.5. The average Bonchev–Trinajstić information content (AvgIpc) is 2.99. The van der Waals surface area contributed by atoms with Gasteiger partial charge in [0.1, 0.15) is 0 Å². The van der Waals surface area contributed by atoms with Crippen molar-refractivity contribution in [3.05, 3.63) is 34.9 Å². The van der Waals surface area contributed by atoms with Crippen LogP contribution in [0, 0.1) is 17.8 Å². The molecule has 2 saturated carbocycles. The second-order valence-electron chi connectivity index (χ2n) is 6.10. The number of halogens is 1. The molecule has 1 aromatic carbocycles. The quantitative estimate of drug-likeness (QED) is 0.856. The van der Waals surface area contributed by atoms with Gasteiger partial charge in [-0.1, -0.05) is 36.2 Å². The summed E-state index contributed by atoms with van der Waals surface area (Å²) in [5.41, 5.74) is 1.22. The Balaban J connectivity index is 1.56. The first-order chi connectivity index (χ1) is 8.74. The second kappa shape index (κ2) is 5.22. The van der Waals surface area contributed by atoms with E-state index in [0.29, 0.717) is 6.04 Å². The van der Waals surface area contributed by atoms with Gasteiger partial charge in [0.05, 0.1) is 0 Å². The van der Waals surface area contributed by atoms with Gasteiger partial charge in [-0.05, 0) is 55.6 Å². The summed E-state index contributed by atoms with van der Waals surface area (Å²) in [4.78, 5) is 0. The van der Waals surface area contributed by atoms with Crippen LogP contribution in [0.15, 0.2) is 24.3 Å². The van der Waals surface area contributed by atoms with Crippen molar-refractivity contribution < 1.29 is 0 Å². The molecule has 0 radical (unpaired) electrons. The van der Waals surface area contributed by atoms with Crippen molar-refractivity contribution in [1.82, 2.24) is 5.32 Å². The Morgan fingerprint density at radius 1 is 1.28 bits per heavy atom. The zero-order valence-corrected chi connectivity index (χ0v) is 11.8. The lowest BCUT2D eigenvalue weighted by atomic mass is 9.84. The van der Waals surface area contributed by atoms with E-state index in [2.05, 4.69) is 24.4 Å². The van der Waals surface area contributed by atoms with Crippen LogP contribution in [0.1, 0.15) is 38.2 Å². The van der Waals surface area contributed by atoms with Crippen molar-refractivity contribution >= 4 is 11.6 Å². The maximum Gasteiger partial charge on any atom is 0.0450 e. The molecule has 1 nitrogen and oxygen atoms in total. The van der Waals surface area contributed by atoms with Gasteiger partial charge in [-0.2, -0.15) is 0 Å². The van der Waals surface area contributed by atoms with E-state index in [1.165, 1.54) is 31.2 Å². The van der Waals surface area contributed by atoms with Crippen molar-refractivity contribution in [3.63, 3.8) is 0 Å². The minimum absolute atomic E-state index is 0.622. The van der Waals surface area contributed by atoms with Gasteiger partial charge in [0.2, 0.25) is 0 Å². The Morgan fingerprint density at radius 3 is 2.78 bits per heavy atom. The second-order valence-corrected chi connectivity index (χ2v) is 6.51. The predicted octanol–water partition coefficient (Wildman–Crippen LogP) is 4.25. The molecular weight excluding hydrogens is 242 g/mol. The Hall–Kier alpha value is -0.530. The van der Waals surface area contributed by atoms with E-state index >= 15 is 0 Å². The highest BCUT2D eigenvalue weighted by Crippen LogP contribution is 2.49. The van der Waals surface area contributed by atoms with E-state index in [1.807, 2.05) is 12.1 Å². The Bertz CT molecular complexity index is 417. The number of nitrogens with one attached hydrogen (secondary N) is 1. The lowest BCUT2D eigenvalue weighted by Crippen LogP contribution is -2.35. The van der Waals surface area contributed by atoms with E-state index in [4.69, 9.17) is 11.6 Å². The summed E-state index contributed by atoms with van der Waals surface area (Å²) >= 11 is 6.19. The fourth-order valence-electron chi connectivity index (χ4n) is 3.97. The number of rotatable bonds is 4. The van der Waals surface area contributed by atoms with Gasteiger partial charge >= 0.3 is 0 Å². The molecule has 0 unspecified atom stereocenters. The van der Waals surface area contributed by atoms with Crippen LogP contribution < -0.4 is 5.32 Å². The highest BCUT2D eigenvalue weighted by Gasteiger charge is 2.41. The van der Waals surface area contributed by atoms with Crippen LogP contribution in [0.3, 0.4) is 0 Å². The largest absolute Gasteiger partial charge is 0.310 e. The predicted molar refractivity (Wildman–Crippen MR) is 76.7 cm³/mol. The topological polar surface area (TPSA) is 12.0 Å². The first kappa shape index (κ1) is 12.5. The first-order valence-electron chi connectivity index (χ1n) is 7.21. The smallest absolute Gasteiger partial charge is 0.0450 e. The van der Waals surface area contributed by atoms with Gasteiger partial charge < -0.3 is 5.32 Å². The van der Waals surface area contributed by atoms with Crippen LogP contribution in [0.25, 0.3) is 0 Å². The standard InChI is InChI=1S/C16H22ClN/c1-11(15-9-12-6-7-13(15)8-12)18-10-14-4-2-3-5-16(14)17/h2-5,11-13,15,18H,6-10H2,1H3/t11-,12+,13+,15-/m0/s1. The lowest BCUT2D eigenvalue weighted by molar-refractivity contribution is 0.259. The summed E-state index contributed by atoms with van der Waals surface area (Å²) in [5.74, 6) is 2.92. The zero-order valence-electron chi connectivity index (χ0n) is 11.0. The van der Waals surface area contributed by atoms with Crippen LogP contribution >= 0.6 is 11.6 Å². The number of benzene rings is 1. The van der Waals surface area contributed by atoms with Gasteiger partial charge in [-0.3, -0.25) is 0 Å². The molecule has 2 aliphatic rings. The summed E-state index contributed by atoms with van der Waals surface area (Å²) in [6.45, 7) is 3.25. The molecule has 2 bridgehead atoms. The number of hydrogen-bond donors (Lipinski definition) is 1. The van der Waals surface area contributed by atoms with Crippen LogP contribution in [-0.2, 0) is 6.54 Å². The molecule has 1 N–H and O–H groups in total. The van der Waals surface area contributed by atoms with Gasteiger partial charge in [0.15, 0.2) is 0 Å². The summed E-state index contributed by atoms with van der Waals surface area (Å²) in [5, 5.41) is 4.56. The Labute approximate surface area is 115 Å². The normalized spacial score (nSPS) is 31.8. The van der Waals surface area contributed by atoms with E-state index in [-0.39, 0.29) is 0 Å². The fraction of sp³-hybridized carbons (Fsp3) is 0.625. The van der Waals surface area contributed by atoms with E-state index in [1.54, 1.807) is 0 Å². The molecule has 2 heteroatoms. The third-order valence-corrected chi connectivity index (χ3v) is 5.38. The summed E-state index contributed by atoms with van der Waals surface area (Å²) in [6, 6.07) is 8.76. The molecular formula is C16H22ClN. The van der Waals surface area contributed by atoms with E-state index in [0.717, 1.165) is 29.3 Å². The molecule has 0 aromatic heterocycles. The number of fused-ring (bicyclic) bond motifs is 2. The molecule has 0 heterocycles. The van der Waals surface area contributed by atoms with Gasteiger partial charge in [0.25, 0.3) is 0 Å². The lowest BCUT2D eigenvalue weighted by Gasteiger charge is -2.28. The molecule has 1 aromatic rings. The molecule has 0 aliphatic heterocycles. The fourth-order valence-corrected chi connectivity index (χ4v) is 4.17. The van der Waals surface area contributed by atoms with Gasteiger partial charge in [-0.25, -0.2) is 0 Å². The van der Waals surface area contributed by atoms with Crippen molar-refractivity contribution in [3.8, 4) is 0 Å². The summed E-state index contributed by atoms with van der Waals surface area (Å²) in [7, 11) is 0. The highest BCUT2D eigenvalue weighted by atomic mass is 35.5. The minimum atomic E-state index is 0.622. The van der Waals surface area contributed by atoms with Crippen molar-refractivity contribution in [2.75, 3.05) is 0 Å². The highest BCUT2D eigenvalue weighted by molar-refractivity contribution is 6.31. The molecule has 2 fully saturated rings. The molecule has 98 valence electrons. The van der Waals surface area contributed by atoms with Crippen LogP contribution in [0.4, 0.5) is 0 Å². The van der Waals surface area contributed by atoms with Crippen LogP contribution in [0.2, 0.25) is 5.02 Å². The number of hydrogen-bond acceptors (Lipinski definition) is 1. The summed E-state index contributed by atoms with van der Waals surface area (Å²) < 4.78 is 0. The third-order valence-electron chi connectivity index (χ3n) is 5.01. The molecule has 2 aliphatic carbocycles. The SMILES string of the molecule is C[C@H](NCc1ccccc1Cl)[C@@H]1C[C@@H]2CC[C@@H]1C2. The Morgan fingerprint density at radius 2 is 2.11 bits per heavy atom. The van der Waals surface area contributed by atoms with Crippen LogP contribution in [0.5, 0.6) is 0 Å². The first-order valence-corrected chi connectivity index (χ1v) is 7.58. The van der Waals surface area contributed by atoms with Crippen molar-refractivity contribution in [2.45, 2.75) is 45.2 Å². The van der Waals surface area contributed by atoms with E-state index < -0.39 is 0 Å². The van der Waals surface area contributed by atoms with Gasteiger partial charge in [0, 0.05) is 17.6 Å². The van der Waals surface area contributed by atoms with Crippen LogP contribution in [-0.4, -0.2) is 6.04 Å². The monoisotopic (exact) mass is 263 g/mol. The summed E-state index contributed by atoms with van der Waals surface area (Å²) in [6.07, 6.45) is 5.88. The van der Waals surface area contributed by atoms with Crippen molar-refractivity contribution in [2.24, 2.45) is 17.8 Å². The Kier molecular flexibility index (Phi) is 3.63. The third kappa shape index (κ3) is 2.44. The molecule has 18 heavy (non-hydrogen) atoms. The van der Waals surface area contributed by atoms with Gasteiger partial charge in [-0.15, -0.1) is 0 Å². The molecule has 3 rings (SSSR count). The van der Waals surface area contributed by atoms with E-state index in [9.17, 15) is 0 Å². The molecule has 4 atom stereocenters. The molecule has 0 amide bonds.